The van der Waals surface area contributed by atoms with E-state index in [2.05, 4.69) is 10.4 Å². The van der Waals surface area contributed by atoms with Crippen LogP contribution in [0.1, 0.15) is 17.0 Å². The van der Waals surface area contributed by atoms with Gasteiger partial charge in [-0.2, -0.15) is 5.10 Å². The second kappa shape index (κ2) is 7.40. The molecule has 1 aromatic carbocycles. The molecule has 7 heteroatoms. The normalized spacial score (nSPS) is 10.9. The minimum atomic E-state index is -0.291. The number of ether oxygens (including phenoxy) is 2. The number of carbonyl (C=O) groups is 1. The Morgan fingerprint density at radius 3 is 2.46 bits per heavy atom. The maximum absolute atomic E-state index is 12.2. The van der Waals surface area contributed by atoms with Crippen molar-refractivity contribution in [3.63, 3.8) is 0 Å². The molecule has 0 radical (unpaired) electrons. The molecular weight excluding hydrogens is 330 g/mol. The molecule has 0 saturated carbocycles. The van der Waals surface area contributed by atoms with Crippen molar-refractivity contribution in [2.24, 2.45) is 7.05 Å². The average molecular weight is 350 g/mol. The zero-order valence-electron chi connectivity index (χ0n) is 14.3. The number of halogens is 1. The predicted molar refractivity (Wildman–Crippen MR) is 94.9 cm³/mol. The fourth-order valence-corrected chi connectivity index (χ4v) is 2.55. The van der Waals surface area contributed by atoms with Crippen LogP contribution in [0.3, 0.4) is 0 Å². The summed E-state index contributed by atoms with van der Waals surface area (Å²) in [5.74, 6) is 0.618. The van der Waals surface area contributed by atoms with Gasteiger partial charge in [-0.15, -0.1) is 0 Å². The molecule has 2 aromatic rings. The first-order chi connectivity index (χ1) is 11.4. The van der Waals surface area contributed by atoms with Crippen molar-refractivity contribution in [1.29, 1.82) is 0 Å². The van der Waals surface area contributed by atoms with Gasteiger partial charge in [-0.05, 0) is 19.9 Å². The third-order valence-corrected chi connectivity index (χ3v) is 3.99. The van der Waals surface area contributed by atoms with Gasteiger partial charge in [0.25, 0.3) is 0 Å². The molecule has 0 saturated heterocycles. The first kappa shape index (κ1) is 17.9. The molecule has 0 bridgehead atoms. The van der Waals surface area contributed by atoms with Crippen molar-refractivity contribution in [1.82, 2.24) is 9.78 Å². The molecular formula is C17H20ClN3O3. The van der Waals surface area contributed by atoms with Crippen LogP contribution in [0.25, 0.3) is 6.08 Å². The predicted octanol–water partition coefficient (Wildman–Crippen LogP) is 3.36. The largest absolute Gasteiger partial charge is 0.495 e. The van der Waals surface area contributed by atoms with Crippen molar-refractivity contribution in [3.05, 3.63) is 40.2 Å². The lowest BCUT2D eigenvalue weighted by Crippen LogP contribution is -2.09. The number of methoxy groups -OCH3 is 2. The number of rotatable bonds is 5. The Bertz CT molecular complexity index is 797. The number of carbonyl (C=O) groups excluding carboxylic acids is 1. The molecule has 0 aliphatic carbocycles. The molecule has 128 valence electrons. The fraction of sp³-hybridized carbons (Fsp3) is 0.294. The Balaban J connectivity index is 2.22. The molecule has 1 N–H and O–H groups in total. The molecule has 0 aliphatic heterocycles. The molecule has 1 aromatic heterocycles. The lowest BCUT2D eigenvalue weighted by molar-refractivity contribution is -0.111. The highest BCUT2D eigenvalue weighted by molar-refractivity contribution is 6.32. The highest BCUT2D eigenvalue weighted by Crippen LogP contribution is 2.35. The van der Waals surface area contributed by atoms with Crippen LogP contribution in [-0.4, -0.2) is 29.9 Å². The summed E-state index contributed by atoms with van der Waals surface area (Å²) in [6.45, 7) is 3.85. The van der Waals surface area contributed by atoms with E-state index in [4.69, 9.17) is 21.1 Å². The van der Waals surface area contributed by atoms with Crippen LogP contribution in [0, 0.1) is 13.8 Å². The van der Waals surface area contributed by atoms with E-state index in [-0.39, 0.29) is 5.91 Å². The van der Waals surface area contributed by atoms with E-state index in [9.17, 15) is 4.79 Å². The maximum Gasteiger partial charge on any atom is 0.248 e. The minimum Gasteiger partial charge on any atom is -0.495 e. The van der Waals surface area contributed by atoms with Crippen molar-refractivity contribution in [3.8, 4) is 11.5 Å². The van der Waals surface area contributed by atoms with E-state index in [0.717, 1.165) is 17.0 Å². The van der Waals surface area contributed by atoms with Crippen LogP contribution in [-0.2, 0) is 11.8 Å². The van der Waals surface area contributed by atoms with Gasteiger partial charge < -0.3 is 14.8 Å². The minimum absolute atomic E-state index is 0.291. The van der Waals surface area contributed by atoms with Gasteiger partial charge in [-0.3, -0.25) is 9.48 Å². The lowest BCUT2D eigenvalue weighted by Gasteiger charge is -2.12. The Morgan fingerprint density at radius 1 is 1.25 bits per heavy atom. The van der Waals surface area contributed by atoms with Crippen molar-refractivity contribution in [2.75, 3.05) is 19.5 Å². The first-order valence-corrected chi connectivity index (χ1v) is 7.66. The standard InChI is InChI=1S/C17H20ClN3O3/c1-10-12(11(2)21(3)20-10)6-7-17(22)19-14-9-15(23-4)13(18)8-16(14)24-5/h6-9H,1-5H3,(H,19,22)/b7-6+. The Morgan fingerprint density at radius 2 is 1.92 bits per heavy atom. The number of amides is 1. The highest BCUT2D eigenvalue weighted by atomic mass is 35.5. The van der Waals surface area contributed by atoms with Crippen LogP contribution in [0.4, 0.5) is 5.69 Å². The van der Waals surface area contributed by atoms with Crippen LogP contribution in [0.2, 0.25) is 5.02 Å². The Hall–Kier alpha value is -2.47. The van der Waals surface area contributed by atoms with Gasteiger partial charge in [0, 0.05) is 36.5 Å². The lowest BCUT2D eigenvalue weighted by atomic mass is 10.2. The van der Waals surface area contributed by atoms with Gasteiger partial charge >= 0.3 is 0 Å². The number of aryl methyl sites for hydroxylation is 2. The highest BCUT2D eigenvalue weighted by Gasteiger charge is 2.12. The zero-order chi connectivity index (χ0) is 17.9. The topological polar surface area (TPSA) is 65.4 Å². The van der Waals surface area contributed by atoms with Gasteiger partial charge in [0.05, 0.1) is 30.6 Å². The molecule has 24 heavy (non-hydrogen) atoms. The molecule has 0 unspecified atom stereocenters. The molecule has 0 atom stereocenters. The number of nitrogens with zero attached hydrogens (tertiary/aromatic N) is 2. The monoisotopic (exact) mass is 349 g/mol. The van der Waals surface area contributed by atoms with E-state index < -0.39 is 0 Å². The average Bonchev–Trinajstić information content (AvgIpc) is 2.79. The SMILES string of the molecule is COc1cc(NC(=O)/C=C/c2c(C)nn(C)c2C)c(OC)cc1Cl. The summed E-state index contributed by atoms with van der Waals surface area (Å²) in [5.41, 5.74) is 3.26. The summed E-state index contributed by atoms with van der Waals surface area (Å²) in [6.07, 6.45) is 3.20. The van der Waals surface area contributed by atoms with Gasteiger partial charge in [0.1, 0.15) is 11.5 Å². The summed E-state index contributed by atoms with van der Waals surface area (Å²) in [5, 5.41) is 7.48. The molecule has 0 aliphatic rings. The number of aromatic nitrogens is 2. The molecule has 1 heterocycles. The van der Waals surface area contributed by atoms with Gasteiger partial charge in [-0.25, -0.2) is 0 Å². The fourth-order valence-electron chi connectivity index (χ4n) is 2.32. The first-order valence-electron chi connectivity index (χ1n) is 7.28. The third-order valence-electron chi connectivity index (χ3n) is 3.70. The summed E-state index contributed by atoms with van der Waals surface area (Å²) < 4.78 is 12.2. The smallest absolute Gasteiger partial charge is 0.248 e. The van der Waals surface area contributed by atoms with E-state index >= 15 is 0 Å². The number of nitrogens with one attached hydrogen (secondary N) is 1. The molecule has 0 spiro atoms. The number of benzene rings is 1. The summed E-state index contributed by atoms with van der Waals surface area (Å²) >= 11 is 6.05. The van der Waals surface area contributed by atoms with Crippen LogP contribution in [0.15, 0.2) is 18.2 Å². The maximum atomic E-state index is 12.2. The molecule has 2 rings (SSSR count). The number of hydrogen-bond acceptors (Lipinski definition) is 4. The second-order valence-corrected chi connectivity index (χ2v) is 5.62. The van der Waals surface area contributed by atoms with Gasteiger partial charge in [0.15, 0.2) is 0 Å². The van der Waals surface area contributed by atoms with Crippen LogP contribution in [0.5, 0.6) is 11.5 Å². The zero-order valence-corrected chi connectivity index (χ0v) is 15.1. The van der Waals surface area contributed by atoms with E-state index in [1.165, 1.54) is 20.3 Å². The van der Waals surface area contributed by atoms with Crippen molar-refractivity contribution < 1.29 is 14.3 Å². The Labute approximate surface area is 146 Å². The molecule has 0 fully saturated rings. The summed E-state index contributed by atoms with van der Waals surface area (Å²) in [4.78, 5) is 12.2. The van der Waals surface area contributed by atoms with Gasteiger partial charge in [-0.1, -0.05) is 11.6 Å². The van der Waals surface area contributed by atoms with Crippen LogP contribution < -0.4 is 14.8 Å². The van der Waals surface area contributed by atoms with Crippen molar-refractivity contribution in [2.45, 2.75) is 13.8 Å². The summed E-state index contributed by atoms with van der Waals surface area (Å²) in [6, 6.07) is 3.21. The van der Waals surface area contributed by atoms with E-state index in [0.29, 0.717) is 22.2 Å². The second-order valence-electron chi connectivity index (χ2n) is 5.22. The van der Waals surface area contributed by atoms with E-state index in [1.54, 1.807) is 22.9 Å². The molecule has 6 nitrogen and oxygen atoms in total. The summed E-state index contributed by atoms with van der Waals surface area (Å²) in [7, 11) is 4.88. The van der Waals surface area contributed by atoms with Gasteiger partial charge in [0.2, 0.25) is 5.91 Å². The van der Waals surface area contributed by atoms with Crippen LogP contribution >= 0.6 is 11.6 Å². The quantitative estimate of drug-likeness (QED) is 0.840. The number of anilines is 1. The van der Waals surface area contributed by atoms with E-state index in [1.807, 2.05) is 20.9 Å². The number of hydrogen-bond donors (Lipinski definition) is 1. The Kier molecular flexibility index (Phi) is 5.51. The molecule has 1 amide bonds. The van der Waals surface area contributed by atoms with Crippen molar-refractivity contribution >= 4 is 29.3 Å². The third kappa shape index (κ3) is 3.71.